The van der Waals surface area contributed by atoms with Gasteiger partial charge in [-0.25, -0.2) is 9.18 Å². The first-order valence-electron chi connectivity index (χ1n) is 12.3. The van der Waals surface area contributed by atoms with E-state index in [0.717, 1.165) is 42.5 Å². The summed E-state index contributed by atoms with van der Waals surface area (Å²) in [5.41, 5.74) is 4.49. The molecule has 2 aromatic rings. The molecule has 176 valence electrons. The van der Waals surface area contributed by atoms with Gasteiger partial charge in [0.15, 0.2) is 5.78 Å². The number of rotatable bonds is 4. The number of benzene rings is 2. The Morgan fingerprint density at radius 2 is 1.65 bits per heavy atom. The predicted molar refractivity (Wildman–Crippen MR) is 128 cm³/mol. The van der Waals surface area contributed by atoms with Crippen LogP contribution in [0.4, 0.5) is 4.39 Å². The molecule has 1 saturated carbocycles. The van der Waals surface area contributed by atoms with Crippen LogP contribution < -0.4 is 5.32 Å². The Morgan fingerprint density at radius 3 is 2.35 bits per heavy atom. The number of dihydropyridines is 1. The normalized spacial score (nSPS) is 23.4. The molecule has 5 rings (SSSR count). The fourth-order valence-electron chi connectivity index (χ4n) is 5.66. The van der Waals surface area contributed by atoms with Crippen molar-refractivity contribution in [2.45, 2.75) is 69.8 Å². The smallest absolute Gasteiger partial charge is 0.337 e. The molecule has 0 bridgehead atoms. The lowest BCUT2D eigenvalue weighted by molar-refractivity contribution is -0.146. The molecule has 34 heavy (non-hydrogen) atoms. The first-order valence-corrected chi connectivity index (χ1v) is 12.3. The van der Waals surface area contributed by atoms with Gasteiger partial charge in [0.2, 0.25) is 0 Å². The molecule has 1 heterocycles. The summed E-state index contributed by atoms with van der Waals surface area (Å²) in [5, 5.41) is 3.39. The summed E-state index contributed by atoms with van der Waals surface area (Å²) in [6, 6.07) is 16.2. The standard InChI is InChI=1S/C29H30FNO3/c1-18-26(29(33)34-23-10-6-3-7-11-23)27(20-12-14-22(30)15-13-20)28-24(31-18)16-21(17-25(28)32)19-8-4-2-5-9-19/h2,4-5,8-9,12-15,21,23,27,31H,3,6-7,10-11,16-17H2,1H3/t21-,27-/m0/s1. The van der Waals surface area contributed by atoms with E-state index < -0.39 is 5.92 Å². The summed E-state index contributed by atoms with van der Waals surface area (Å²) in [4.78, 5) is 27.0. The number of carbonyl (C=O) groups is 2. The van der Waals surface area contributed by atoms with Crippen molar-refractivity contribution in [3.63, 3.8) is 0 Å². The van der Waals surface area contributed by atoms with Crippen LogP contribution >= 0.6 is 0 Å². The molecule has 2 aliphatic carbocycles. The van der Waals surface area contributed by atoms with Crippen molar-refractivity contribution < 1.29 is 18.7 Å². The lowest BCUT2D eigenvalue weighted by Crippen LogP contribution is -2.37. The van der Waals surface area contributed by atoms with Gasteiger partial charge in [0.25, 0.3) is 0 Å². The summed E-state index contributed by atoms with van der Waals surface area (Å²) in [7, 11) is 0. The zero-order chi connectivity index (χ0) is 23.7. The van der Waals surface area contributed by atoms with Gasteiger partial charge in [-0.15, -0.1) is 0 Å². The van der Waals surface area contributed by atoms with E-state index in [0.29, 0.717) is 29.7 Å². The van der Waals surface area contributed by atoms with Crippen molar-refractivity contribution in [1.82, 2.24) is 5.32 Å². The van der Waals surface area contributed by atoms with E-state index in [-0.39, 0.29) is 29.6 Å². The highest BCUT2D eigenvalue weighted by Crippen LogP contribution is 2.46. The van der Waals surface area contributed by atoms with Gasteiger partial charge in [-0.2, -0.15) is 0 Å². The third kappa shape index (κ3) is 4.44. The Hall–Kier alpha value is -3.21. The molecule has 0 spiro atoms. The molecule has 5 heteroatoms. The maximum Gasteiger partial charge on any atom is 0.337 e. The van der Waals surface area contributed by atoms with E-state index in [4.69, 9.17) is 4.74 Å². The largest absolute Gasteiger partial charge is 0.459 e. The highest BCUT2D eigenvalue weighted by atomic mass is 19.1. The zero-order valence-electron chi connectivity index (χ0n) is 19.5. The number of Topliss-reactive ketones (excluding diaryl/α,β-unsaturated/α-hetero) is 1. The second-order valence-electron chi connectivity index (χ2n) is 9.64. The average Bonchev–Trinajstić information content (AvgIpc) is 2.84. The Morgan fingerprint density at radius 1 is 0.941 bits per heavy atom. The van der Waals surface area contributed by atoms with E-state index in [2.05, 4.69) is 17.4 Å². The first-order chi connectivity index (χ1) is 16.5. The van der Waals surface area contributed by atoms with Gasteiger partial charge in [-0.3, -0.25) is 4.79 Å². The van der Waals surface area contributed by atoms with Crippen molar-refractivity contribution in [1.29, 1.82) is 0 Å². The molecule has 0 aromatic heterocycles. The topological polar surface area (TPSA) is 55.4 Å². The van der Waals surface area contributed by atoms with Crippen LogP contribution in [0.25, 0.3) is 0 Å². The molecule has 3 aliphatic rings. The van der Waals surface area contributed by atoms with Crippen molar-refractivity contribution in [3.8, 4) is 0 Å². The summed E-state index contributed by atoms with van der Waals surface area (Å²) < 4.78 is 19.7. The number of halogens is 1. The number of ether oxygens (including phenoxy) is 1. The van der Waals surface area contributed by atoms with Crippen molar-refractivity contribution in [3.05, 3.63) is 94.1 Å². The molecule has 1 N–H and O–H groups in total. The van der Waals surface area contributed by atoms with Crippen LogP contribution in [0.15, 0.2) is 77.1 Å². The molecular weight excluding hydrogens is 429 g/mol. The van der Waals surface area contributed by atoms with E-state index in [1.165, 1.54) is 18.6 Å². The fourth-order valence-corrected chi connectivity index (χ4v) is 5.66. The third-order valence-electron chi connectivity index (χ3n) is 7.35. The minimum Gasteiger partial charge on any atom is -0.459 e. The number of hydrogen-bond acceptors (Lipinski definition) is 4. The van der Waals surface area contributed by atoms with Crippen LogP contribution in [0.1, 0.15) is 74.8 Å². The molecule has 0 unspecified atom stereocenters. The number of allylic oxidation sites excluding steroid dienone is 3. The number of ketones is 1. The maximum absolute atomic E-state index is 13.7. The molecule has 1 aliphatic heterocycles. The van der Waals surface area contributed by atoms with Crippen molar-refractivity contribution in [2.75, 3.05) is 0 Å². The second-order valence-corrected chi connectivity index (χ2v) is 9.64. The minimum absolute atomic E-state index is 0.0207. The molecule has 0 saturated heterocycles. The number of hydrogen-bond donors (Lipinski definition) is 1. The molecule has 0 amide bonds. The zero-order valence-corrected chi connectivity index (χ0v) is 19.5. The summed E-state index contributed by atoms with van der Waals surface area (Å²) in [6.07, 6.45) is 6.01. The van der Waals surface area contributed by atoms with E-state index in [1.54, 1.807) is 12.1 Å². The monoisotopic (exact) mass is 459 g/mol. The molecular formula is C29H30FNO3. The molecule has 1 fully saturated rings. The van der Waals surface area contributed by atoms with Gasteiger partial charge >= 0.3 is 5.97 Å². The van der Waals surface area contributed by atoms with Crippen molar-refractivity contribution >= 4 is 11.8 Å². The van der Waals surface area contributed by atoms with Gasteiger partial charge in [0.1, 0.15) is 11.9 Å². The van der Waals surface area contributed by atoms with Gasteiger partial charge in [0.05, 0.1) is 5.57 Å². The number of carbonyl (C=O) groups excluding carboxylic acids is 2. The average molecular weight is 460 g/mol. The van der Waals surface area contributed by atoms with E-state index in [9.17, 15) is 14.0 Å². The molecule has 0 radical (unpaired) electrons. The Bertz CT molecular complexity index is 1140. The van der Waals surface area contributed by atoms with Crippen LogP contribution in [-0.4, -0.2) is 17.9 Å². The predicted octanol–water partition coefficient (Wildman–Crippen LogP) is 6.06. The Balaban J connectivity index is 1.52. The third-order valence-corrected chi connectivity index (χ3v) is 7.35. The number of nitrogens with one attached hydrogen (secondary N) is 1. The van der Waals surface area contributed by atoms with Crippen LogP contribution in [-0.2, 0) is 14.3 Å². The molecule has 2 atom stereocenters. The summed E-state index contributed by atoms with van der Waals surface area (Å²) >= 11 is 0. The van der Waals surface area contributed by atoms with Crippen LogP contribution in [0.5, 0.6) is 0 Å². The Labute approximate surface area is 199 Å². The first kappa shape index (κ1) is 22.6. The van der Waals surface area contributed by atoms with Gasteiger partial charge in [-0.1, -0.05) is 48.9 Å². The van der Waals surface area contributed by atoms with Crippen molar-refractivity contribution in [2.24, 2.45) is 0 Å². The summed E-state index contributed by atoms with van der Waals surface area (Å²) in [5.74, 6) is -1.18. The van der Waals surface area contributed by atoms with Crippen LogP contribution in [0.3, 0.4) is 0 Å². The number of esters is 1. The maximum atomic E-state index is 13.7. The minimum atomic E-state index is -0.558. The van der Waals surface area contributed by atoms with E-state index >= 15 is 0 Å². The molecule has 4 nitrogen and oxygen atoms in total. The lowest BCUT2D eigenvalue weighted by atomic mass is 9.71. The fraction of sp³-hybridized carbons (Fsp3) is 0.379. The lowest BCUT2D eigenvalue weighted by Gasteiger charge is -2.37. The van der Waals surface area contributed by atoms with E-state index in [1.807, 2.05) is 25.1 Å². The quantitative estimate of drug-likeness (QED) is 0.565. The summed E-state index contributed by atoms with van der Waals surface area (Å²) in [6.45, 7) is 1.87. The van der Waals surface area contributed by atoms with Crippen LogP contribution in [0.2, 0.25) is 0 Å². The van der Waals surface area contributed by atoms with Crippen LogP contribution in [0, 0.1) is 5.82 Å². The SMILES string of the molecule is CC1=C(C(=O)OC2CCCCC2)[C@H](c2ccc(F)cc2)C2=C(C[C@H](c3ccccc3)CC2=O)N1. The Kier molecular flexibility index (Phi) is 6.36. The molecule has 2 aromatic carbocycles. The highest BCUT2D eigenvalue weighted by Gasteiger charge is 2.41. The van der Waals surface area contributed by atoms with Gasteiger partial charge in [0, 0.05) is 29.3 Å². The second kappa shape index (κ2) is 9.57. The highest BCUT2D eigenvalue weighted by molar-refractivity contribution is 6.04. The van der Waals surface area contributed by atoms with Gasteiger partial charge < -0.3 is 10.1 Å². The van der Waals surface area contributed by atoms with Gasteiger partial charge in [-0.05, 0) is 68.2 Å².